The van der Waals surface area contributed by atoms with Crippen LogP contribution in [0, 0.1) is 0 Å². The summed E-state index contributed by atoms with van der Waals surface area (Å²) in [5.41, 5.74) is 0.0919. The summed E-state index contributed by atoms with van der Waals surface area (Å²) in [6, 6.07) is 5.34. The minimum absolute atomic E-state index is 0.0919. The Kier molecular flexibility index (Phi) is 3.34. The number of benzene rings is 1. The molecule has 6 heteroatoms. The molecule has 3 nitrogen and oxygen atoms in total. The first-order chi connectivity index (χ1) is 6.38. The fraction of sp³-hybridized carbons (Fsp3) is 0.250. The van der Waals surface area contributed by atoms with Gasteiger partial charge in [-0.3, -0.25) is 0 Å². The molecule has 0 heterocycles. The number of halogens is 2. The Morgan fingerprint density at radius 1 is 1.50 bits per heavy atom. The molecule has 1 unspecified atom stereocenters. The maximum Gasteiger partial charge on any atom is 0.235 e. The van der Waals surface area contributed by atoms with Crippen LogP contribution >= 0.6 is 10.7 Å². The molecule has 0 bridgehead atoms. The average molecular weight is 239 g/mol. The van der Waals surface area contributed by atoms with Crippen LogP contribution in [0.5, 0.6) is 5.75 Å². The highest BCUT2D eigenvalue weighted by molar-refractivity contribution is 8.13. The molecule has 0 aliphatic carbocycles. The van der Waals surface area contributed by atoms with Crippen LogP contribution in [0.3, 0.4) is 0 Å². The van der Waals surface area contributed by atoms with Crippen LogP contribution in [-0.2, 0) is 9.05 Å². The molecule has 1 N–H and O–H groups in total. The van der Waals surface area contributed by atoms with E-state index < -0.39 is 21.0 Å². The van der Waals surface area contributed by atoms with Gasteiger partial charge in [0.2, 0.25) is 9.05 Å². The molecular formula is C8H8ClFO3S. The van der Waals surface area contributed by atoms with Crippen molar-refractivity contribution < 1.29 is 17.9 Å². The molecule has 0 saturated carbocycles. The van der Waals surface area contributed by atoms with E-state index in [-0.39, 0.29) is 11.3 Å². The van der Waals surface area contributed by atoms with E-state index in [1.165, 1.54) is 18.2 Å². The SMILES string of the molecule is O=S(=O)(Cl)CC(F)c1cccc(O)c1. The second kappa shape index (κ2) is 4.14. The zero-order valence-corrected chi connectivity index (χ0v) is 8.59. The maximum atomic E-state index is 13.2. The smallest absolute Gasteiger partial charge is 0.235 e. The number of hydrogen-bond donors (Lipinski definition) is 1. The van der Waals surface area contributed by atoms with E-state index in [1.807, 2.05) is 0 Å². The molecule has 14 heavy (non-hydrogen) atoms. The molecule has 0 fully saturated rings. The lowest BCUT2D eigenvalue weighted by molar-refractivity contribution is 0.373. The lowest BCUT2D eigenvalue weighted by Crippen LogP contribution is -2.05. The van der Waals surface area contributed by atoms with Crippen LogP contribution in [-0.4, -0.2) is 19.3 Å². The first-order valence-corrected chi connectivity index (χ1v) is 6.21. The fourth-order valence-corrected chi connectivity index (χ4v) is 1.86. The Hall–Kier alpha value is -0.810. The highest BCUT2D eigenvalue weighted by Crippen LogP contribution is 2.23. The molecule has 1 aromatic carbocycles. The second-order valence-corrected chi connectivity index (χ2v) is 5.59. The van der Waals surface area contributed by atoms with Crippen molar-refractivity contribution in [1.82, 2.24) is 0 Å². The molecule has 0 aromatic heterocycles. The largest absolute Gasteiger partial charge is 0.508 e. The molecule has 0 radical (unpaired) electrons. The van der Waals surface area contributed by atoms with Crippen molar-refractivity contribution in [2.24, 2.45) is 0 Å². The Morgan fingerprint density at radius 2 is 2.14 bits per heavy atom. The van der Waals surface area contributed by atoms with Crippen molar-refractivity contribution in [1.29, 1.82) is 0 Å². The first-order valence-electron chi connectivity index (χ1n) is 3.74. The Balaban J connectivity index is 2.85. The molecule has 1 atom stereocenters. The van der Waals surface area contributed by atoms with Gasteiger partial charge in [0.25, 0.3) is 0 Å². The number of hydrogen-bond acceptors (Lipinski definition) is 3. The first kappa shape index (κ1) is 11.3. The third kappa shape index (κ3) is 3.51. The topological polar surface area (TPSA) is 54.4 Å². The van der Waals surface area contributed by atoms with Gasteiger partial charge < -0.3 is 5.11 Å². The Morgan fingerprint density at radius 3 is 2.64 bits per heavy atom. The van der Waals surface area contributed by atoms with Crippen LogP contribution in [0.25, 0.3) is 0 Å². The lowest BCUT2D eigenvalue weighted by Gasteiger charge is -2.05. The summed E-state index contributed by atoms with van der Waals surface area (Å²) in [4.78, 5) is 0. The van der Waals surface area contributed by atoms with Crippen LogP contribution in [0.15, 0.2) is 24.3 Å². The van der Waals surface area contributed by atoms with Crippen molar-refractivity contribution in [3.8, 4) is 5.75 Å². The van der Waals surface area contributed by atoms with Crippen molar-refractivity contribution in [3.63, 3.8) is 0 Å². The third-order valence-electron chi connectivity index (χ3n) is 1.58. The standard InChI is InChI=1S/C8H8ClFO3S/c9-14(12,13)5-8(10)6-2-1-3-7(11)4-6/h1-4,8,11H,5H2. The van der Waals surface area contributed by atoms with Gasteiger partial charge in [-0.05, 0) is 17.7 Å². The van der Waals surface area contributed by atoms with Crippen molar-refractivity contribution in [2.75, 3.05) is 5.75 Å². The highest BCUT2D eigenvalue weighted by Gasteiger charge is 2.18. The van der Waals surface area contributed by atoms with Gasteiger partial charge in [0.1, 0.15) is 17.7 Å². The molecule has 0 saturated heterocycles. The van der Waals surface area contributed by atoms with Gasteiger partial charge in [0, 0.05) is 10.7 Å². The molecule has 1 aromatic rings. The summed E-state index contributed by atoms with van der Waals surface area (Å²) < 4.78 is 34.4. The van der Waals surface area contributed by atoms with Gasteiger partial charge in [-0.1, -0.05) is 12.1 Å². The van der Waals surface area contributed by atoms with Crippen LogP contribution in [0.4, 0.5) is 4.39 Å². The van der Waals surface area contributed by atoms with E-state index in [1.54, 1.807) is 0 Å². The highest BCUT2D eigenvalue weighted by atomic mass is 35.7. The lowest BCUT2D eigenvalue weighted by atomic mass is 10.1. The van der Waals surface area contributed by atoms with E-state index in [9.17, 15) is 12.8 Å². The summed E-state index contributed by atoms with van der Waals surface area (Å²) in [6.45, 7) is 0. The van der Waals surface area contributed by atoms with Gasteiger partial charge in [-0.15, -0.1) is 0 Å². The van der Waals surface area contributed by atoms with Gasteiger partial charge in [-0.2, -0.15) is 0 Å². The van der Waals surface area contributed by atoms with Crippen molar-refractivity contribution >= 4 is 19.7 Å². The monoisotopic (exact) mass is 238 g/mol. The van der Waals surface area contributed by atoms with Crippen molar-refractivity contribution in [2.45, 2.75) is 6.17 Å². The molecule has 78 valence electrons. The summed E-state index contributed by atoms with van der Waals surface area (Å²) >= 11 is 0. The van der Waals surface area contributed by atoms with Crippen LogP contribution in [0.1, 0.15) is 11.7 Å². The fourth-order valence-electron chi connectivity index (χ4n) is 0.991. The van der Waals surface area contributed by atoms with Gasteiger partial charge >= 0.3 is 0 Å². The predicted octanol–water partition coefficient (Wildman–Crippen LogP) is 1.97. The van der Waals surface area contributed by atoms with E-state index in [0.717, 1.165) is 6.07 Å². The Labute approximate surface area is 85.6 Å². The summed E-state index contributed by atoms with van der Waals surface area (Å²) in [5, 5.41) is 9.01. The molecule has 1 rings (SSSR count). The molecule has 0 amide bonds. The van der Waals surface area contributed by atoms with E-state index in [2.05, 4.69) is 0 Å². The average Bonchev–Trinajstić information content (AvgIpc) is 2.01. The van der Waals surface area contributed by atoms with Crippen molar-refractivity contribution in [3.05, 3.63) is 29.8 Å². The van der Waals surface area contributed by atoms with Gasteiger partial charge in [0.15, 0.2) is 0 Å². The van der Waals surface area contributed by atoms with E-state index in [4.69, 9.17) is 15.8 Å². The Bertz CT molecular complexity index is 418. The van der Waals surface area contributed by atoms with Crippen LogP contribution < -0.4 is 0 Å². The normalized spacial score (nSPS) is 13.9. The van der Waals surface area contributed by atoms with Gasteiger partial charge in [0.05, 0.1) is 0 Å². The number of phenols is 1. The minimum atomic E-state index is -3.87. The molecular weight excluding hydrogens is 231 g/mol. The molecule has 0 aliphatic heterocycles. The molecule has 0 spiro atoms. The van der Waals surface area contributed by atoms with E-state index >= 15 is 0 Å². The van der Waals surface area contributed by atoms with Gasteiger partial charge in [-0.25, -0.2) is 12.8 Å². The minimum Gasteiger partial charge on any atom is -0.508 e. The molecule has 0 aliphatic rings. The number of phenolic OH excluding ortho intramolecular Hbond substituents is 1. The third-order valence-corrected chi connectivity index (χ3v) is 2.65. The number of aromatic hydroxyl groups is 1. The zero-order chi connectivity index (χ0) is 10.8. The second-order valence-electron chi connectivity index (χ2n) is 2.77. The predicted molar refractivity (Wildman–Crippen MR) is 51.6 cm³/mol. The van der Waals surface area contributed by atoms with E-state index in [0.29, 0.717) is 0 Å². The quantitative estimate of drug-likeness (QED) is 0.820. The van der Waals surface area contributed by atoms with Crippen LogP contribution in [0.2, 0.25) is 0 Å². The zero-order valence-electron chi connectivity index (χ0n) is 7.02. The number of rotatable bonds is 3. The summed E-state index contributed by atoms with van der Waals surface area (Å²) in [5.74, 6) is -0.907. The number of alkyl halides is 1. The summed E-state index contributed by atoms with van der Waals surface area (Å²) in [7, 11) is 1.02. The summed E-state index contributed by atoms with van der Waals surface area (Å²) in [6.07, 6.45) is -1.72. The maximum absolute atomic E-state index is 13.2.